The van der Waals surface area contributed by atoms with Gasteiger partial charge in [-0.25, -0.2) is 4.79 Å². The lowest BCUT2D eigenvalue weighted by Crippen LogP contribution is -2.56. The molecule has 0 bridgehead atoms. The molecule has 26 heavy (non-hydrogen) atoms. The van der Waals surface area contributed by atoms with Gasteiger partial charge in [-0.15, -0.1) is 0 Å². The minimum absolute atomic E-state index is 0.275. The van der Waals surface area contributed by atoms with Crippen LogP contribution in [0.4, 0.5) is 0 Å². The number of aliphatic carboxylic acids is 2. The second-order valence-corrected chi connectivity index (χ2v) is 6.06. The highest BCUT2D eigenvalue weighted by Gasteiger charge is 2.28. The first-order chi connectivity index (χ1) is 12.0. The molecule has 3 amide bonds. The van der Waals surface area contributed by atoms with Crippen molar-refractivity contribution in [3.8, 4) is 0 Å². The van der Waals surface area contributed by atoms with Gasteiger partial charge in [0.1, 0.15) is 18.1 Å². The van der Waals surface area contributed by atoms with Gasteiger partial charge in [0.25, 0.3) is 0 Å². The molecule has 0 aliphatic heterocycles. The van der Waals surface area contributed by atoms with Crippen molar-refractivity contribution in [1.29, 1.82) is 0 Å². The third kappa shape index (κ3) is 8.42. The average Bonchev–Trinajstić information content (AvgIpc) is 2.54. The molecule has 3 atom stereocenters. The second kappa shape index (κ2) is 11.0. The van der Waals surface area contributed by atoms with Crippen LogP contribution in [0.2, 0.25) is 0 Å². The highest BCUT2D eigenvalue weighted by molar-refractivity contribution is 5.93. The van der Waals surface area contributed by atoms with Crippen LogP contribution in [0, 0.1) is 5.92 Å². The summed E-state index contributed by atoms with van der Waals surface area (Å²) in [5.41, 5.74) is 5.20. The molecule has 0 aromatic rings. The highest BCUT2D eigenvalue weighted by atomic mass is 16.4. The first-order valence-electron chi connectivity index (χ1n) is 8.04. The summed E-state index contributed by atoms with van der Waals surface area (Å²) >= 11 is 0. The molecule has 0 spiro atoms. The standard InChI is InChI=1S/C15H26N4O7/c1-7(2)12(19-10(20)6-16)14(24)17-8(3)13(23)18-9(15(25)26)4-5-11(21)22/h7-9,12H,4-6,16H2,1-3H3,(H,17,24)(H,18,23)(H,19,20)(H,21,22)(H,25,26). The van der Waals surface area contributed by atoms with Gasteiger partial charge in [0, 0.05) is 6.42 Å². The van der Waals surface area contributed by atoms with Crippen LogP contribution in [-0.4, -0.2) is 64.5 Å². The molecule has 148 valence electrons. The number of nitrogens with one attached hydrogen (secondary N) is 3. The van der Waals surface area contributed by atoms with Crippen LogP contribution in [0.5, 0.6) is 0 Å². The van der Waals surface area contributed by atoms with Gasteiger partial charge in [0.05, 0.1) is 6.54 Å². The van der Waals surface area contributed by atoms with E-state index in [9.17, 15) is 24.0 Å². The summed E-state index contributed by atoms with van der Waals surface area (Å²) in [6.45, 7) is 4.43. The largest absolute Gasteiger partial charge is 0.481 e. The molecule has 0 aromatic heterocycles. The van der Waals surface area contributed by atoms with Gasteiger partial charge < -0.3 is 31.9 Å². The lowest BCUT2D eigenvalue weighted by Gasteiger charge is -2.24. The maximum atomic E-state index is 12.2. The Bertz CT molecular complexity index is 550. The zero-order chi connectivity index (χ0) is 20.4. The number of carbonyl (C=O) groups excluding carboxylic acids is 3. The maximum Gasteiger partial charge on any atom is 0.326 e. The summed E-state index contributed by atoms with van der Waals surface area (Å²) in [6, 6.07) is -3.40. The normalized spacial score (nSPS) is 14.0. The smallest absolute Gasteiger partial charge is 0.326 e. The van der Waals surface area contributed by atoms with Gasteiger partial charge >= 0.3 is 11.9 Å². The molecule has 0 saturated carbocycles. The predicted molar refractivity (Wildman–Crippen MR) is 89.9 cm³/mol. The molecule has 7 N–H and O–H groups in total. The van der Waals surface area contributed by atoms with Crippen LogP contribution in [0.15, 0.2) is 0 Å². The fourth-order valence-electron chi connectivity index (χ4n) is 1.96. The van der Waals surface area contributed by atoms with Crippen molar-refractivity contribution in [2.24, 2.45) is 11.7 Å². The van der Waals surface area contributed by atoms with Crippen LogP contribution in [0.1, 0.15) is 33.6 Å². The predicted octanol–water partition coefficient (Wildman–Crippen LogP) is -1.98. The molecule has 0 heterocycles. The summed E-state index contributed by atoms with van der Waals surface area (Å²) in [4.78, 5) is 57.3. The number of carboxylic acids is 2. The van der Waals surface area contributed by atoms with E-state index in [1.54, 1.807) is 13.8 Å². The van der Waals surface area contributed by atoms with E-state index in [1.165, 1.54) is 6.92 Å². The minimum atomic E-state index is -1.39. The number of carboxylic acid groups (broad SMARTS) is 2. The van der Waals surface area contributed by atoms with Gasteiger partial charge in [0.15, 0.2) is 0 Å². The monoisotopic (exact) mass is 374 g/mol. The van der Waals surface area contributed by atoms with Crippen LogP contribution in [0.3, 0.4) is 0 Å². The Labute approximate surface area is 150 Å². The van der Waals surface area contributed by atoms with E-state index in [4.69, 9.17) is 15.9 Å². The molecule has 0 radical (unpaired) electrons. The second-order valence-electron chi connectivity index (χ2n) is 6.06. The van der Waals surface area contributed by atoms with E-state index in [0.717, 1.165) is 0 Å². The minimum Gasteiger partial charge on any atom is -0.481 e. The van der Waals surface area contributed by atoms with Crippen LogP contribution < -0.4 is 21.7 Å². The molecule has 11 nitrogen and oxygen atoms in total. The molecular weight excluding hydrogens is 348 g/mol. The number of hydrogen-bond donors (Lipinski definition) is 6. The van der Waals surface area contributed by atoms with E-state index < -0.39 is 54.2 Å². The van der Waals surface area contributed by atoms with Crippen LogP contribution in [-0.2, 0) is 24.0 Å². The zero-order valence-electron chi connectivity index (χ0n) is 14.9. The molecule has 3 unspecified atom stereocenters. The third-order valence-electron chi connectivity index (χ3n) is 3.46. The first-order valence-corrected chi connectivity index (χ1v) is 8.04. The zero-order valence-corrected chi connectivity index (χ0v) is 14.9. The van der Waals surface area contributed by atoms with E-state index >= 15 is 0 Å². The number of amides is 3. The van der Waals surface area contributed by atoms with Crippen molar-refractivity contribution < 1.29 is 34.2 Å². The molecule has 0 aliphatic rings. The number of carbonyl (C=O) groups is 5. The number of rotatable bonds is 11. The average molecular weight is 374 g/mol. The van der Waals surface area contributed by atoms with Crippen molar-refractivity contribution >= 4 is 29.7 Å². The van der Waals surface area contributed by atoms with E-state index in [0.29, 0.717) is 0 Å². The van der Waals surface area contributed by atoms with Gasteiger partial charge in [-0.2, -0.15) is 0 Å². The fourth-order valence-corrected chi connectivity index (χ4v) is 1.96. The quantitative estimate of drug-likeness (QED) is 0.240. The highest BCUT2D eigenvalue weighted by Crippen LogP contribution is 2.03. The Hall–Kier alpha value is -2.69. The van der Waals surface area contributed by atoms with E-state index in [-0.39, 0.29) is 18.9 Å². The van der Waals surface area contributed by atoms with Gasteiger partial charge in [-0.1, -0.05) is 13.8 Å². The van der Waals surface area contributed by atoms with Gasteiger partial charge in [-0.05, 0) is 19.3 Å². The Morgan fingerprint density at radius 3 is 1.92 bits per heavy atom. The van der Waals surface area contributed by atoms with Crippen molar-refractivity contribution in [3.05, 3.63) is 0 Å². The maximum absolute atomic E-state index is 12.2. The molecule has 0 saturated heterocycles. The first kappa shape index (κ1) is 23.3. The molecule has 0 aromatic carbocycles. The molecule has 0 rings (SSSR count). The third-order valence-corrected chi connectivity index (χ3v) is 3.46. The summed E-state index contributed by atoms with van der Waals surface area (Å²) in [5, 5.41) is 24.6. The molecule has 0 aliphatic carbocycles. The number of nitrogens with two attached hydrogens (primary N) is 1. The van der Waals surface area contributed by atoms with Crippen molar-refractivity contribution in [2.45, 2.75) is 51.7 Å². The summed E-state index contributed by atoms with van der Waals surface area (Å²) in [6.07, 6.45) is -0.725. The van der Waals surface area contributed by atoms with Crippen molar-refractivity contribution in [2.75, 3.05) is 6.54 Å². The van der Waals surface area contributed by atoms with Crippen LogP contribution in [0.25, 0.3) is 0 Å². The van der Waals surface area contributed by atoms with Crippen molar-refractivity contribution in [3.63, 3.8) is 0 Å². The summed E-state index contributed by atoms with van der Waals surface area (Å²) < 4.78 is 0. The van der Waals surface area contributed by atoms with Gasteiger partial charge in [-0.3, -0.25) is 19.2 Å². The van der Waals surface area contributed by atoms with Gasteiger partial charge in [0.2, 0.25) is 17.7 Å². The Kier molecular flexibility index (Phi) is 9.89. The van der Waals surface area contributed by atoms with E-state index in [1.807, 2.05) is 0 Å². The Morgan fingerprint density at radius 1 is 0.923 bits per heavy atom. The summed E-state index contributed by atoms with van der Waals surface area (Å²) in [5.74, 6) is -4.79. The summed E-state index contributed by atoms with van der Waals surface area (Å²) in [7, 11) is 0. The molecule has 11 heteroatoms. The fraction of sp³-hybridized carbons (Fsp3) is 0.667. The molecule has 0 fully saturated rings. The van der Waals surface area contributed by atoms with Crippen LogP contribution >= 0.6 is 0 Å². The number of hydrogen-bond acceptors (Lipinski definition) is 6. The molecular formula is C15H26N4O7. The topological polar surface area (TPSA) is 188 Å². The van der Waals surface area contributed by atoms with Crippen molar-refractivity contribution in [1.82, 2.24) is 16.0 Å². The lowest BCUT2D eigenvalue weighted by atomic mass is 10.0. The lowest BCUT2D eigenvalue weighted by molar-refractivity contribution is -0.143. The van der Waals surface area contributed by atoms with E-state index in [2.05, 4.69) is 16.0 Å². The Balaban J connectivity index is 4.83. The Morgan fingerprint density at radius 2 is 1.50 bits per heavy atom. The SMILES string of the molecule is CC(NC(=O)C(NC(=O)CN)C(C)C)C(=O)NC(CCC(=O)O)C(=O)O.